The molecule has 0 saturated heterocycles. The van der Waals surface area contributed by atoms with Gasteiger partial charge in [-0.25, -0.2) is 0 Å². The molecule has 1 heterocycles. The van der Waals surface area contributed by atoms with Gasteiger partial charge >= 0.3 is 0 Å². The van der Waals surface area contributed by atoms with Crippen LogP contribution in [-0.4, -0.2) is 16.9 Å². The van der Waals surface area contributed by atoms with E-state index in [2.05, 4.69) is 17.2 Å². The Kier molecular flexibility index (Phi) is 1.87. The van der Waals surface area contributed by atoms with Crippen molar-refractivity contribution < 1.29 is 4.79 Å². The van der Waals surface area contributed by atoms with Gasteiger partial charge in [-0.15, -0.1) is 0 Å². The maximum absolute atomic E-state index is 11.6. The zero-order valence-corrected chi connectivity index (χ0v) is 7.92. The standard InChI is InChI=1S/C10H14N2O/c1-6-3-4-11-9(6)10(13)12-8-5-7(8)2/h3-4,7-8,11H,5H2,1-2H3,(H,12,13)/t7-,8-/m1/s1. The van der Waals surface area contributed by atoms with Crippen LogP contribution >= 0.6 is 0 Å². The summed E-state index contributed by atoms with van der Waals surface area (Å²) in [4.78, 5) is 14.5. The summed E-state index contributed by atoms with van der Waals surface area (Å²) in [6, 6.07) is 2.31. The van der Waals surface area contributed by atoms with Crippen molar-refractivity contribution in [2.24, 2.45) is 5.92 Å². The van der Waals surface area contributed by atoms with Crippen LogP contribution in [0, 0.1) is 12.8 Å². The smallest absolute Gasteiger partial charge is 0.268 e. The van der Waals surface area contributed by atoms with E-state index in [9.17, 15) is 4.79 Å². The third kappa shape index (κ3) is 1.59. The van der Waals surface area contributed by atoms with Gasteiger partial charge in [-0.2, -0.15) is 0 Å². The SMILES string of the molecule is Cc1cc[nH]c1C(=O)N[C@@H]1C[C@H]1C. The first-order chi connectivity index (χ1) is 6.18. The van der Waals surface area contributed by atoms with Crippen molar-refractivity contribution in [3.63, 3.8) is 0 Å². The first-order valence-corrected chi connectivity index (χ1v) is 4.63. The Balaban J connectivity index is 2.01. The molecule has 0 radical (unpaired) electrons. The van der Waals surface area contributed by atoms with E-state index < -0.39 is 0 Å². The van der Waals surface area contributed by atoms with E-state index in [0.29, 0.717) is 17.7 Å². The van der Waals surface area contributed by atoms with Gasteiger partial charge in [0.1, 0.15) is 5.69 Å². The fourth-order valence-corrected chi connectivity index (χ4v) is 1.46. The molecule has 0 spiro atoms. The lowest BCUT2D eigenvalue weighted by Crippen LogP contribution is -2.27. The molecule has 1 saturated carbocycles. The highest BCUT2D eigenvalue weighted by Gasteiger charge is 2.34. The predicted molar refractivity (Wildman–Crippen MR) is 50.6 cm³/mol. The Bertz CT molecular complexity index is 329. The fraction of sp³-hybridized carbons (Fsp3) is 0.500. The van der Waals surface area contributed by atoms with Crippen LogP contribution < -0.4 is 5.32 Å². The number of nitrogens with one attached hydrogen (secondary N) is 2. The van der Waals surface area contributed by atoms with E-state index in [1.807, 2.05) is 13.0 Å². The van der Waals surface area contributed by atoms with E-state index >= 15 is 0 Å². The second-order valence-corrected chi connectivity index (χ2v) is 3.83. The number of hydrogen-bond donors (Lipinski definition) is 2. The number of carbonyl (C=O) groups is 1. The van der Waals surface area contributed by atoms with Crippen LogP contribution in [0.1, 0.15) is 29.4 Å². The normalized spacial score (nSPS) is 25.7. The van der Waals surface area contributed by atoms with Crippen molar-refractivity contribution >= 4 is 5.91 Å². The summed E-state index contributed by atoms with van der Waals surface area (Å²) in [7, 11) is 0. The topological polar surface area (TPSA) is 44.9 Å². The molecular formula is C10H14N2O. The molecule has 0 aromatic carbocycles. The molecule has 2 atom stereocenters. The van der Waals surface area contributed by atoms with Crippen LogP contribution in [0.2, 0.25) is 0 Å². The van der Waals surface area contributed by atoms with Gasteiger partial charge in [-0.1, -0.05) is 6.92 Å². The third-order valence-corrected chi connectivity index (χ3v) is 2.61. The van der Waals surface area contributed by atoms with Crippen molar-refractivity contribution in [1.82, 2.24) is 10.3 Å². The van der Waals surface area contributed by atoms with Gasteiger partial charge in [-0.3, -0.25) is 4.79 Å². The quantitative estimate of drug-likeness (QED) is 0.707. The third-order valence-electron chi connectivity index (χ3n) is 2.61. The van der Waals surface area contributed by atoms with Gasteiger partial charge in [-0.05, 0) is 30.9 Å². The maximum Gasteiger partial charge on any atom is 0.268 e. The molecule has 3 heteroatoms. The Hall–Kier alpha value is -1.25. The number of aromatic nitrogens is 1. The van der Waals surface area contributed by atoms with Crippen LogP contribution in [0.4, 0.5) is 0 Å². The van der Waals surface area contributed by atoms with E-state index in [4.69, 9.17) is 0 Å². The molecule has 3 nitrogen and oxygen atoms in total. The van der Waals surface area contributed by atoms with Gasteiger partial charge in [0.2, 0.25) is 0 Å². The van der Waals surface area contributed by atoms with Gasteiger partial charge in [0.25, 0.3) is 5.91 Å². The Morgan fingerprint density at radius 1 is 1.69 bits per heavy atom. The molecule has 2 N–H and O–H groups in total. The monoisotopic (exact) mass is 178 g/mol. The van der Waals surface area contributed by atoms with E-state index in [-0.39, 0.29) is 5.91 Å². The molecule has 2 rings (SSSR count). The summed E-state index contributed by atoms with van der Waals surface area (Å²) in [6.07, 6.45) is 2.91. The number of H-pyrrole nitrogens is 1. The highest BCUT2D eigenvalue weighted by atomic mass is 16.2. The fourth-order valence-electron chi connectivity index (χ4n) is 1.46. The van der Waals surface area contributed by atoms with Crippen LogP contribution in [0.15, 0.2) is 12.3 Å². The summed E-state index contributed by atoms with van der Waals surface area (Å²) in [6.45, 7) is 4.08. The molecule has 13 heavy (non-hydrogen) atoms. The number of aromatic amines is 1. The molecule has 1 amide bonds. The molecule has 0 aliphatic heterocycles. The minimum atomic E-state index is 0.0249. The minimum absolute atomic E-state index is 0.0249. The van der Waals surface area contributed by atoms with E-state index in [1.165, 1.54) is 0 Å². The lowest BCUT2D eigenvalue weighted by atomic mass is 10.2. The maximum atomic E-state index is 11.6. The van der Waals surface area contributed by atoms with E-state index in [1.54, 1.807) is 6.20 Å². The van der Waals surface area contributed by atoms with Gasteiger partial charge in [0.05, 0.1) is 0 Å². The van der Waals surface area contributed by atoms with Crippen LogP contribution in [0.5, 0.6) is 0 Å². The average Bonchev–Trinajstić information content (AvgIpc) is 2.62. The number of aryl methyl sites for hydroxylation is 1. The van der Waals surface area contributed by atoms with Crippen LogP contribution in [0.3, 0.4) is 0 Å². The largest absolute Gasteiger partial charge is 0.357 e. The second kappa shape index (κ2) is 2.91. The van der Waals surface area contributed by atoms with E-state index in [0.717, 1.165) is 12.0 Å². The Morgan fingerprint density at radius 3 is 2.85 bits per heavy atom. The van der Waals surface area contributed by atoms with Gasteiger partial charge in [0, 0.05) is 12.2 Å². The van der Waals surface area contributed by atoms with Crippen molar-refractivity contribution in [3.8, 4) is 0 Å². The van der Waals surface area contributed by atoms with Crippen molar-refractivity contribution in [1.29, 1.82) is 0 Å². The molecular weight excluding hydrogens is 164 g/mol. The lowest BCUT2D eigenvalue weighted by molar-refractivity contribution is 0.0944. The summed E-state index contributed by atoms with van der Waals surface area (Å²) in [5, 5.41) is 2.98. The summed E-state index contributed by atoms with van der Waals surface area (Å²) in [5.41, 5.74) is 1.70. The molecule has 1 aromatic rings. The second-order valence-electron chi connectivity index (χ2n) is 3.83. The number of hydrogen-bond acceptors (Lipinski definition) is 1. The summed E-state index contributed by atoms with van der Waals surface area (Å²) < 4.78 is 0. The zero-order valence-electron chi connectivity index (χ0n) is 7.92. The Labute approximate surface area is 77.5 Å². The number of amides is 1. The first kappa shape index (κ1) is 8.35. The molecule has 0 bridgehead atoms. The zero-order chi connectivity index (χ0) is 9.42. The molecule has 1 aliphatic rings. The van der Waals surface area contributed by atoms with Crippen molar-refractivity contribution in [3.05, 3.63) is 23.5 Å². The average molecular weight is 178 g/mol. The van der Waals surface area contributed by atoms with Crippen LogP contribution in [0.25, 0.3) is 0 Å². The first-order valence-electron chi connectivity index (χ1n) is 4.63. The molecule has 1 fully saturated rings. The summed E-state index contributed by atoms with van der Waals surface area (Å²) in [5.74, 6) is 0.677. The lowest BCUT2D eigenvalue weighted by Gasteiger charge is -2.02. The molecule has 0 unspecified atom stereocenters. The highest BCUT2D eigenvalue weighted by Crippen LogP contribution is 2.29. The van der Waals surface area contributed by atoms with Crippen molar-refractivity contribution in [2.75, 3.05) is 0 Å². The number of carbonyl (C=O) groups excluding carboxylic acids is 1. The Morgan fingerprint density at radius 2 is 2.38 bits per heavy atom. The van der Waals surface area contributed by atoms with Gasteiger partial charge < -0.3 is 10.3 Å². The van der Waals surface area contributed by atoms with Crippen molar-refractivity contribution in [2.45, 2.75) is 26.3 Å². The van der Waals surface area contributed by atoms with Crippen LogP contribution in [-0.2, 0) is 0 Å². The minimum Gasteiger partial charge on any atom is -0.357 e. The molecule has 1 aliphatic carbocycles. The van der Waals surface area contributed by atoms with Gasteiger partial charge in [0.15, 0.2) is 0 Å². The highest BCUT2D eigenvalue weighted by molar-refractivity contribution is 5.94. The predicted octanol–water partition coefficient (Wildman–Crippen LogP) is 1.46. The summed E-state index contributed by atoms with van der Waals surface area (Å²) >= 11 is 0. The molecule has 70 valence electrons. The molecule has 1 aromatic heterocycles. The number of rotatable bonds is 2.